The van der Waals surface area contributed by atoms with Crippen LogP contribution >= 0.6 is 0 Å². The van der Waals surface area contributed by atoms with Crippen molar-refractivity contribution in [3.63, 3.8) is 0 Å². The van der Waals surface area contributed by atoms with E-state index in [2.05, 4.69) is 11.8 Å². The Morgan fingerprint density at radius 1 is 1.48 bits per heavy atom. The maximum atomic E-state index is 13.4. The van der Waals surface area contributed by atoms with Crippen LogP contribution in [-0.2, 0) is 0 Å². The number of nitrogens with zero attached hydrogens (tertiary/aromatic N) is 1. The normalized spacial score (nSPS) is 18.0. The summed E-state index contributed by atoms with van der Waals surface area (Å²) in [6.07, 6.45) is 3.45. The number of hydrogen-bond donors (Lipinski definition) is 1. The van der Waals surface area contributed by atoms with Crippen LogP contribution in [-0.4, -0.2) is 35.1 Å². The molecule has 1 amide bonds. The highest BCUT2D eigenvalue weighted by atomic mass is 19.1. The smallest absolute Gasteiger partial charge is 0.255 e. The lowest BCUT2D eigenvalue weighted by Crippen LogP contribution is -2.42. The Morgan fingerprint density at radius 2 is 2.29 bits per heavy atom. The van der Waals surface area contributed by atoms with E-state index >= 15 is 0 Å². The molecule has 1 aromatic rings. The summed E-state index contributed by atoms with van der Waals surface area (Å²) in [7, 11) is 0. The maximum absolute atomic E-state index is 13.4. The molecule has 1 saturated heterocycles. The van der Waals surface area contributed by atoms with E-state index in [-0.39, 0.29) is 18.6 Å². The van der Waals surface area contributed by atoms with Crippen molar-refractivity contribution in [2.75, 3.05) is 13.2 Å². The first-order valence-corrected chi connectivity index (χ1v) is 7.33. The highest BCUT2D eigenvalue weighted by molar-refractivity contribution is 5.97. The Balaban J connectivity index is 2.30. The van der Waals surface area contributed by atoms with Gasteiger partial charge in [0.25, 0.3) is 5.91 Å². The lowest BCUT2D eigenvalue weighted by atomic mass is 10.00. The molecule has 0 spiro atoms. The van der Waals surface area contributed by atoms with Crippen LogP contribution in [0, 0.1) is 17.7 Å². The monoisotopic (exact) mass is 289 g/mol. The summed E-state index contributed by atoms with van der Waals surface area (Å²) in [5.41, 5.74) is 0.835. The molecule has 1 fully saturated rings. The highest BCUT2D eigenvalue weighted by Crippen LogP contribution is 2.21. The summed E-state index contributed by atoms with van der Waals surface area (Å²) < 4.78 is 13.4. The number of carbonyl (C=O) groups is 1. The van der Waals surface area contributed by atoms with Crippen LogP contribution in [0.25, 0.3) is 0 Å². The van der Waals surface area contributed by atoms with Gasteiger partial charge in [-0.25, -0.2) is 4.39 Å². The number of rotatable bonds is 2. The second kappa shape index (κ2) is 7.24. The van der Waals surface area contributed by atoms with E-state index < -0.39 is 5.82 Å². The first-order valence-electron chi connectivity index (χ1n) is 7.33. The molecule has 112 valence electrons. The van der Waals surface area contributed by atoms with Gasteiger partial charge in [0, 0.05) is 24.6 Å². The highest BCUT2D eigenvalue weighted by Gasteiger charge is 2.25. The average molecular weight is 289 g/mol. The SMILES string of the molecule is CC1CCCCN1C(=O)c1ccc(F)cc1C#CCCO. The Labute approximate surface area is 124 Å². The van der Waals surface area contributed by atoms with E-state index in [1.165, 1.54) is 18.2 Å². The Kier molecular flexibility index (Phi) is 5.35. The quantitative estimate of drug-likeness (QED) is 0.850. The third-order valence-corrected chi connectivity index (χ3v) is 3.74. The van der Waals surface area contributed by atoms with E-state index in [0.717, 1.165) is 25.8 Å². The van der Waals surface area contributed by atoms with Crippen LogP contribution in [0.15, 0.2) is 18.2 Å². The predicted molar refractivity (Wildman–Crippen MR) is 79.3 cm³/mol. The zero-order valence-electron chi connectivity index (χ0n) is 12.2. The number of piperidine rings is 1. The van der Waals surface area contributed by atoms with Crippen LogP contribution in [0.2, 0.25) is 0 Å². The van der Waals surface area contributed by atoms with E-state index in [4.69, 9.17) is 5.11 Å². The summed E-state index contributed by atoms with van der Waals surface area (Å²) >= 11 is 0. The molecule has 1 N–H and O–H groups in total. The van der Waals surface area contributed by atoms with Gasteiger partial charge in [-0.2, -0.15) is 0 Å². The number of benzene rings is 1. The number of carbonyl (C=O) groups excluding carboxylic acids is 1. The van der Waals surface area contributed by atoms with Crippen molar-refractivity contribution in [2.24, 2.45) is 0 Å². The van der Waals surface area contributed by atoms with Gasteiger partial charge in [-0.3, -0.25) is 4.79 Å². The molecule has 1 aromatic carbocycles. The minimum Gasteiger partial charge on any atom is -0.395 e. The van der Waals surface area contributed by atoms with Gasteiger partial charge in [-0.15, -0.1) is 0 Å². The predicted octanol–water partition coefficient (Wildman–Crippen LogP) is 2.57. The van der Waals surface area contributed by atoms with Crippen molar-refractivity contribution in [2.45, 2.75) is 38.6 Å². The third kappa shape index (κ3) is 3.83. The van der Waals surface area contributed by atoms with E-state index in [1.54, 1.807) is 0 Å². The van der Waals surface area contributed by atoms with Crippen LogP contribution in [0.3, 0.4) is 0 Å². The van der Waals surface area contributed by atoms with Gasteiger partial charge in [0.05, 0.1) is 12.2 Å². The van der Waals surface area contributed by atoms with Crippen molar-refractivity contribution in [3.8, 4) is 11.8 Å². The van der Waals surface area contributed by atoms with Gasteiger partial charge in [0.2, 0.25) is 0 Å². The molecule has 21 heavy (non-hydrogen) atoms. The molecule has 0 aliphatic carbocycles. The number of halogens is 1. The van der Waals surface area contributed by atoms with Gasteiger partial charge in [0.15, 0.2) is 0 Å². The molecule has 0 saturated carbocycles. The summed E-state index contributed by atoms with van der Waals surface area (Å²) in [6.45, 7) is 2.73. The minimum absolute atomic E-state index is 0.0469. The number of aliphatic hydroxyl groups is 1. The number of amides is 1. The number of aliphatic hydroxyl groups excluding tert-OH is 1. The zero-order valence-corrected chi connectivity index (χ0v) is 12.2. The van der Waals surface area contributed by atoms with Crippen molar-refractivity contribution in [1.82, 2.24) is 4.90 Å². The van der Waals surface area contributed by atoms with Gasteiger partial charge in [0.1, 0.15) is 5.82 Å². The Morgan fingerprint density at radius 3 is 3.00 bits per heavy atom. The van der Waals surface area contributed by atoms with Crippen molar-refractivity contribution in [3.05, 3.63) is 35.1 Å². The van der Waals surface area contributed by atoms with E-state index in [0.29, 0.717) is 17.5 Å². The zero-order chi connectivity index (χ0) is 15.2. The molecule has 1 heterocycles. The van der Waals surface area contributed by atoms with Crippen molar-refractivity contribution in [1.29, 1.82) is 0 Å². The van der Waals surface area contributed by atoms with Crippen molar-refractivity contribution >= 4 is 5.91 Å². The van der Waals surface area contributed by atoms with Crippen LogP contribution in [0.4, 0.5) is 4.39 Å². The van der Waals surface area contributed by atoms with E-state index in [1.807, 2.05) is 11.8 Å². The summed E-state index contributed by atoms with van der Waals surface area (Å²) in [5.74, 6) is 5.04. The molecule has 1 unspecified atom stereocenters. The first-order chi connectivity index (χ1) is 10.1. The molecule has 1 aliphatic heterocycles. The number of hydrogen-bond acceptors (Lipinski definition) is 2. The number of likely N-dealkylation sites (tertiary alicyclic amines) is 1. The second-order valence-electron chi connectivity index (χ2n) is 5.31. The fraction of sp³-hybridized carbons (Fsp3) is 0.471. The minimum atomic E-state index is -0.411. The summed E-state index contributed by atoms with van der Waals surface area (Å²) in [6, 6.07) is 4.28. The van der Waals surface area contributed by atoms with Crippen LogP contribution in [0.1, 0.15) is 48.5 Å². The lowest BCUT2D eigenvalue weighted by Gasteiger charge is -2.33. The van der Waals surface area contributed by atoms with Gasteiger partial charge < -0.3 is 10.0 Å². The molecule has 0 aromatic heterocycles. The largest absolute Gasteiger partial charge is 0.395 e. The van der Waals surface area contributed by atoms with Gasteiger partial charge >= 0.3 is 0 Å². The molecule has 0 bridgehead atoms. The summed E-state index contributed by atoms with van der Waals surface area (Å²) in [4.78, 5) is 14.5. The second-order valence-corrected chi connectivity index (χ2v) is 5.31. The standard InChI is InChI=1S/C17H20FNO2/c1-13-6-2-4-10-19(13)17(21)16-9-8-15(18)12-14(16)7-3-5-11-20/h8-9,12-13,20H,2,4-6,10-11H2,1H3. The van der Waals surface area contributed by atoms with Crippen LogP contribution in [0.5, 0.6) is 0 Å². The fourth-order valence-electron chi connectivity index (χ4n) is 2.57. The lowest BCUT2D eigenvalue weighted by molar-refractivity contribution is 0.0635. The molecule has 2 rings (SSSR count). The van der Waals surface area contributed by atoms with Gasteiger partial charge in [-0.1, -0.05) is 11.8 Å². The van der Waals surface area contributed by atoms with Crippen molar-refractivity contribution < 1.29 is 14.3 Å². The Hall–Kier alpha value is -1.86. The topological polar surface area (TPSA) is 40.5 Å². The first kappa shape index (κ1) is 15.5. The molecular weight excluding hydrogens is 269 g/mol. The summed E-state index contributed by atoms with van der Waals surface area (Å²) in [5, 5.41) is 8.76. The molecule has 1 aliphatic rings. The Bertz CT molecular complexity index is 574. The van der Waals surface area contributed by atoms with E-state index in [9.17, 15) is 9.18 Å². The molecule has 1 atom stereocenters. The molecule has 0 radical (unpaired) electrons. The average Bonchev–Trinajstić information content (AvgIpc) is 2.47. The third-order valence-electron chi connectivity index (χ3n) is 3.74. The van der Waals surface area contributed by atoms with Gasteiger partial charge in [-0.05, 0) is 44.4 Å². The maximum Gasteiger partial charge on any atom is 0.255 e. The molecule has 3 nitrogen and oxygen atoms in total. The van der Waals surface area contributed by atoms with Crippen LogP contribution < -0.4 is 0 Å². The molecular formula is C17H20FNO2. The molecule has 4 heteroatoms. The fourth-order valence-corrected chi connectivity index (χ4v) is 2.57.